The van der Waals surface area contributed by atoms with E-state index in [1.54, 1.807) is 11.0 Å². The van der Waals surface area contributed by atoms with E-state index in [1.165, 1.54) is 12.1 Å². The summed E-state index contributed by atoms with van der Waals surface area (Å²) in [4.78, 5) is 14.0. The van der Waals surface area contributed by atoms with Crippen molar-refractivity contribution in [3.8, 4) is 11.5 Å². The summed E-state index contributed by atoms with van der Waals surface area (Å²) < 4.78 is 5.43. The average Bonchev–Trinajstić information content (AvgIpc) is 2.40. The number of ether oxygens (including phenoxy) is 1. The standard InChI is InChI=1S/C15H22N2O4/c1-15(2,3)21-14(20)17-7-6-16-9-11(17)10-4-5-12(18)13(19)8-10/h4-5,8,11,16,18-19H,6-7,9H2,1-3H3. The van der Waals surface area contributed by atoms with Crippen LogP contribution in [0.5, 0.6) is 11.5 Å². The third-order valence-electron chi connectivity index (χ3n) is 3.26. The average molecular weight is 294 g/mol. The number of carbonyl (C=O) groups is 1. The molecule has 0 bridgehead atoms. The fourth-order valence-corrected chi connectivity index (χ4v) is 2.29. The number of phenolic OH excluding ortho intramolecular Hbond substituents is 2. The van der Waals surface area contributed by atoms with Crippen molar-refractivity contribution in [2.45, 2.75) is 32.4 Å². The van der Waals surface area contributed by atoms with Gasteiger partial charge in [-0.1, -0.05) is 6.07 Å². The van der Waals surface area contributed by atoms with Gasteiger partial charge in [-0.2, -0.15) is 0 Å². The molecular formula is C15H22N2O4. The van der Waals surface area contributed by atoms with Crippen molar-refractivity contribution in [3.05, 3.63) is 23.8 Å². The second-order valence-corrected chi connectivity index (χ2v) is 6.14. The Morgan fingerprint density at radius 1 is 1.33 bits per heavy atom. The number of aromatic hydroxyl groups is 2. The zero-order valence-electron chi connectivity index (χ0n) is 12.6. The summed E-state index contributed by atoms with van der Waals surface area (Å²) in [6, 6.07) is 4.36. The van der Waals surface area contributed by atoms with Crippen molar-refractivity contribution >= 4 is 6.09 Å². The summed E-state index contributed by atoms with van der Waals surface area (Å²) in [5.41, 5.74) is 0.201. The van der Waals surface area contributed by atoms with Crippen LogP contribution in [0.2, 0.25) is 0 Å². The number of benzene rings is 1. The first kappa shape index (κ1) is 15.4. The van der Waals surface area contributed by atoms with Gasteiger partial charge in [-0.3, -0.25) is 4.90 Å². The molecule has 116 valence electrons. The maximum Gasteiger partial charge on any atom is 0.410 e. The summed E-state index contributed by atoms with van der Waals surface area (Å²) in [6.07, 6.45) is -0.374. The maximum atomic E-state index is 12.3. The predicted molar refractivity (Wildman–Crippen MR) is 78.3 cm³/mol. The molecule has 1 saturated heterocycles. The number of carbonyl (C=O) groups excluding carboxylic acids is 1. The largest absolute Gasteiger partial charge is 0.504 e. The van der Waals surface area contributed by atoms with Crippen LogP contribution in [0.1, 0.15) is 32.4 Å². The van der Waals surface area contributed by atoms with Gasteiger partial charge in [-0.15, -0.1) is 0 Å². The highest BCUT2D eigenvalue weighted by Crippen LogP contribution is 2.31. The van der Waals surface area contributed by atoms with E-state index in [0.717, 1.165) is 5.56 Å². The molecular weight excluding hydrogens is 272 g/mol. The third-order valence-corrected chi connectivity index (χ3v) is 3.26. The number of hydrogen-bond acceptors (Lipinski definition) is 5. The topological polar surface area (TPSA) is 82.0 Å². The molecule has 1 aromatic carbocycles. The Kier molecular flexibility index (Phi) is 4.27. The lowest BCUT2D eigenvalue weighted by atomic mass is 10.0. The first-order chi connectivity index (χ1) is 9.78. The lowest BCUT2D eigenvalue weighted by Gasteiger charge is -2.37. The fourth-order valence-electron chi connectivity index (χ4n) is 2.29. The van der Waals surface area contributed by atoms with Crippen LogP contribution >= 0.6 is 0 Å². The van der Waals surface area contributed by atoms with Crippen LogP contribution in [0.4, 0.5) is 4.79 Å². The molecule has 0 spiro atoms. The summed E-state index contributed by atoms with van der Waals surface area (Å²) in [6.45, 7) is 7.28. The van der Waals surface area contributed by atoms with E-state index in [0.29, 0.717) is 19.6 Å². The zero-order chi connectivity index (χ0) is 15.6. The van der Waals surface area contributed by atoms with Gasteiger partial charge in [0.15, 0.2) is 11.5 Å². The van der Waals surface area contributed by atoms with Crippen molar-refractivity contribution in [3.63, 3.8) is 0 Å². The highest BCUT2D eigenvalue weighted by molar-refractivity contribution is 5.69. The summed E-state index contributed by atoms with van der Waals surface area (Å²) in [5, 5.41) is 22.3. The van der Waals surface area contributed by atoms with E-state index in [9.17, 15) is 15.0 Å². The van der Waals surface area contributed by atoms with Crippen molar-refractivity contribution in [2.75, 3.05) is 19.6 Å². The SMILES string of the molecule is CC(C)(C)OC(=O)N1CCNCC1c1ccc(O)c(O)c1. The van der Waals surface area contributed by atoms with Gasteiger partial charge in [0.05, 0.1) is 6.04 Å². The maximum absolute atomic E-state index is 12.3. The van der Waals surface area contributed by atoms with E-state index in [-0.39, 0.29) is 23.6 Å². The number of phenols is 2. The second kappa shape index (κ2) is 5.81. The molecule has 0 aliphatic carbocycles. The Labute approximate surface area is 124 Å². The molecule has 6 nitrogen and oxygen atoms in total. The molecule has 2 rings (SSSR count). The van der Waals surface area contributed by atoms with E-state index >= 15 is 0 Å². The van der Waals surface area contributed by atoms with Crippen LogP contribution in [0, 0.1) is 0 Å². The van der Waals surface area contributed by atoms with Crippen LogP contribution in [0.3, 0.4) is 0 Å². The minimum atomic E-state index is -0.552. The van der Waals surface area contributed by atoms with Crippen LogP contribution in [0.25, 0.3) is 0 Å². The Balaban J connectivity index is 2.22. The minimum Gasteiger partial charge on any atom is -0.504 e. The van der Waals surface area contributed by atoms with Gasteiger partial charge in [-0.05, 0) is 38.5 Å². The lowest BCUT2D eigenvalue weighted by Crippen LogP contribution is -2.50. The number of rotatable bonds is 1. The van der Waals surface area contributed by atoms with E-state index in [4.69, 9.17) is 4.74 Å². The molecule has 1 atom stereocenters. The van der Waals surface area contributed by atoms with Crippen LogP contribution in [0.15, 0.2) is 18.2 Å². The Morgan fingerprint density at radius 2 is 2.05 bits per heavy atom. The van der Waals surface area contributed by atoms with Crippen molar-refractivity contribution in [2.24, 2.45) is 0 Å². The molecule has 1 aliphatic rings. The van der Waals surface area contributed by atoms with E-state index in [2.05, 4.69) is 5.32 Å². The van der Waals surface area contributed by atoms with Gasteiger partial charge in [0.1, 0.15) is 5.60 Å². The molecule has 0 aromatic heterocycles. The Bertz CT molecular complexity index is 525. The van der Waals surface area contributed by atoms with Gasteiger partial charge >= 0.3 is 6.09 Å². The second-order valence-electron chi connectivity index (χ2n) is 6.14. The minimum absolute atomic E-state index is 0.175. The van der Waals surface area contributed by atoms with Crippen LogP contribution in [-0.4, -0.2) is 46.4 Å². The Morgan fingerprint density at radius 3 is 2.67 bits per heavy atom. The van der Waals surface area contributed by atoms with Gasteiger partial charge in [0, 0.05) is 19.6 Å². The summed E-state index contributed by atoms with van der Waals surface area (Å²) in [5.74, 6) is -0.367. The molecule has 3 N–H and O–H groups in total. The molecule has 0 saturated carbocycles. The van der Waals surface area contributed by atoms with Crippen molar-refractivity contribution < 1.29 is 19.7 Å². The smallest absolute Gasteiger partial charge is 0.410 e. The van der Waals surface area contributed by atoms with Crippen molar-refractivity contribution in [1.82, 2.24) is 10.2 Å². The monoisotopic (exact) mass is 294 g/mol. The number of nitrogens with one attached hydrogen (secondary N) is 1. The molecule has 1 amide bonds. The first-order valence-corrected chi connectivity index (χ1v) is 7.00. The van der Waals surface area contributed by atoms with Gasteiger partial charge < -0.3 is 20.3 Å². The molecule has 1 fully saturated rings. The normalized spacial score (nSPS) is 19.4. The van der Waals surface area contributed by atoms with Gasteiger partial charge in [0.2, 0.25) is 0 Å². The zero-order valence-corrected chi connectivity index (χ0v) is 12.6. The highest BCUT2D eigenvalue weighted by Gasteiger charge is 2.31. The van der Waals surface area contributed by atoms with Gasteiger partial charge in [0.25, 0.3) is 0 Å². The highest BCUT2D eigenvalue weighted by atomic mass is 16.6. The van der Waals surface area contributed by atoms with Crippen molar-refractivity contribution in [1.29, 1.82) is 0 Å². The quantitative estimate of drug-likeness (QED) is 0.690. The summed E-state index contributed by atoms with van der Waals surface area (Å²) in [7, 11) is 0. The van der Waals surface area contributed by atoms with Gasteiger partial charge in [-0.25, -0.2) is 4.79 Å². The van der Waals surface area contributed by atoms with E-state index < -0.39 is 5.60 Å². The first-order valence-electron chi connectivity index (χ1n) is 7.00. The molecule has 1 heterocycles. The fraction of sp³-hybridized carbons (Fsp3) is 0.533. The molecule has 21 heavy (non-hydrogen) atoms. The Hall–Kier alpha value is -1.95. The number of piperazine rings is 1. The molecule has 0 radical (unpaired) electrons. The van der Waals surface area contributed by atoms with Crippen LogP contribution < -0.4 is 5.32 Å². The summed E-state index contributed by atoms with van der Waals surface area (Å²) >= 11 is 0. The van der Waals surface area contributed by atoms with E-state index in [1.807, 2.05) is 20.8 Å². The molecule has 6 heteroatoms. The molecule has 1 aromatic rings. The lowest BCUT2D eigenvalue weighted by molar-refractivity contribution is 0.0117. The number of amides is 1. The predicted octanol–water partition coefficient (Wildman–Crippen LogP) is 1.98. The third kappa shape index (κ3) is 3.78. The molecule has 1 aliphatic heterocycles. The number of hydrogen-bond donors (Lipinski definition) is 3. The molecule has 1 unspecified atom stereocenters. The van der Waals surface area contributed by atoms with Crippen LogP contribution in [-0.2, 0) is 4.74 Å². The number of nitrogens with zero attached hydrogens (tertiary/aromatic N) is 1.